The molecule has 0 amide bonds. The number of alkyl halides is 2. The third kappa shape index (κ3) is 2.19. The second kappa shape index (κ2) is 3.52. The predicted octanol–water partition coefficient (Wildman–Crippen LogP) is 2.78. The average molecular weight is 171 g/mol. The van der Waals surface area contributed by atoms with Gasteiger partial charge in [0.15, 0.2) is 0 Å². The monoisotopic (exact) mass is 171 g/mol. The zero-order chi connectivity index (χ0) is 9.14. The van der Waals surface area contributed by atoms with Gasteiger partial charge in [0.05, 0.1) is 0 Å². The third-order valence-electron chi connectivity index (χ3n) is 1.46. The Morgan fingerprint density at radius 2 is 2.08 bits per heavy atom. The predicted molar refractivity (Wildman–Crippen MR) is 42.3 cm³/mol. The smallest absolute Gasteiger partial charge is 0.387 e. The zero-order valence-electron chi connectivity index (χ0n) is 6.68. The number of ether oxygens (including phenoxy) is 1. The molecule has 0 aromatic heterocycles. The van der Waals surface area contributed by atoms with Crippen LogP contribution in [-0.4, -0.2) is 6.61 Å². The molecule has 0 heterocycles. The van der Waals surface area contributed by atoms with Crippen LogP contribution < -0.4 is 4.74 Å². The van der Waals surface area contributed by atoms with Crippen molar-refractivity contribution in [2.24, 2.45) is 0 Å². The minimum atomic E-state index is -2.76. The van der Waals surface area contributed by atoms with E-state index in [4.69, 9.17) is 0 Å². The summed E-state index contributed by atoms with van der Waals surface area (Å²) in [5, 5.41) is 0. The fraction of sp³-hybridized carbons (Fsp3) is 0.222. The maximum Gasteiger partial charge on any atom is 0.387 e. The summed E-state index contributed by atoms with van der Waals surface area (Å²) in [6, 6.07) is 4.81. The van der Waals surface area contributed by atoms with Crippen molar-refractivity contribution in [1.29, 1.82) is 0 Å². The lowest BCUT2D eigenvalue weighted by atomic mass is 10.1. The number of halogens is 2. The van der Waals surface area contributed by atoms with E-state index in [2.05, 4.69) is 11.7 Å². The van der Waals surface area contributed by atoms with E-state index in [9.17, 15) is 8.78 Å². The van der Waals surface area contributed by atoms with Crippen molar-refractivity contribution in [1.82, 2.24) is 0 Å². The van der Waals surface area contributed by atoms with Crippen LogP contribution in [0.2, 0.25) is 0 Å². The molecule has 0 N–H and O–H groups in total. The van der Waals surface area contributed by atoms with E-state index in [1.54, 1.807) is 19.1 Å². The molecule has 0 unspecified atom stereocenters. The van der Waals surface area contributed by atoms with Crippen LogP contribution in [0.25, 0.3) is 0 Å². The molecule has 65 valence electrons. The van der Waals surface area contributed by atoms with Gasteiger partial charge < -0.3 is 4.74 Å². The van der Waals surface area contributed by atoms with Crippen molar-refractivity contribution < 1.29 is 13.5 Å². The molecule has 0 fully saturated rings. The first-order valence-corrected chi connectivity index (χ1v) is 3.47. The van der Waals surface area contributed by atoms with Gasteiger partial charge in [-0.2, -0.15) is 8.78 Å². The summed E-state index contributed by atoms with van der Waals surface area (Å²) in [5.41, 5.74) is 1.46. The number of hydrogen-bond donors (Lipinski definition) is 0. The molecule has 0 aliphatic carbocycles. The molecule has 0 saturated carbocycles. The quantitative estimate of drug-likeness (QED) is 0.664. The molecule has 1 rings (SSSR count). The molecule has 0 spiro atoms. The number of aryl methyl sites for hydroxylation is 1. The van der Waals surface area contributed by atoms with Crippen molar-refractivity contribution in [2.45, 2.75) is 13.5 Å². The van der Waals surface area contributed by atoms with Crippen molar-refractivity contribution in [3.8, 4) is 5.75 Å². The molecule has 1 aromatic rings. The fourth-order valence-corrected chi connectivity index (χ4v) is 0.940. The van der Waals surface area contributed by atoms with Crippen LogP contribution in [0.5, 0.6) is 5.75 Å². The summed E-state index contributed by atoms with van der Waals surface area (Å²) in [4.78, 5) is 0. The second-order valence-electron chi connectivity index (χ2n) is 2.48. The van der Waals surface area contributed by atoms with Crippen molar-refractivity contribution in [3.05, 3.63) is 36.2 Å². The Morgan fingerprint density at radius 1 is 1.42 bits per heavy atom. The Kier molecular flexibility index (Phi) is 2.63. The molecular weight excluding hydrogens is 162 g/mol. The van der Waals surface area contributed by atoms with Crippen LogP contribution in [0, 0.1) is 13.8 Å². The van der Waals surface area contributed by atoms with E-state index in [-0.39, 0.29) is 5.75 Å². The Bertz CT molecular complexity index is 271. The summed E-state index contributed by atoms with van der Waals surface area (Å²) in [5.74, 6) is 0.206. The summed E-state index contributed by atoms with van der Waals surface area (Å²) >= 11 is 0. The van der Waals surface area contributed by atoms with Gasteiger partial charge in [-0.15, -0.1) is 0 Å². The van der Waals surface area contributed by atoms with E-state index in [1.165, 1.54) is 6.07 Å². The molecule has 12 heavy (non-hydrogen) atoms. The molecule has 0 aliphatic heterocycles. The first-order chi connectivity index (χ1) is 5.59. The van der Waals surface area contributed by atoms with Crippen molar-refractivity contribution in [2.75, 3.05) is 0 Å². The fourth-order valence-electron chi connectivity index (χ4n) is 0.940. The average Bonchev–Trinajstić information content (AvgIpc) is 1.94. The van der Waals surface area contributed by atoms with Gasteiger partial charge >= 0.3 is 6.61 Å². The molecule has 1 radical (unpaired) electrons. The van der Waals surface area contributed by atoms with Gasteiger partial charge in [0.2, 0.25) is 0 Å². The van der Waals surface area contributed by atoms with Gasteiger partial charge in [0.25, 0.3) is 0 Å². The SMILES string of the molecule is [CH2]c1ccc(OC(F)F)c(C)c1. The van der Waals surface area contributed by atoms with E-state index in [1.807, 2.05) is 0 Å². The summed E-state index contributed by atoms with van der Waals surface area (Å²) in [6.45, 7) is 2.59. The molecule has 3 heteroatoms. The molecule has 0 saturated heterocycles. The lowest BCUT2D eigenvalue weighted by Gasteiger charge is -2.07. The Hall–Kier alpha value is -1.12. The van der Waals surface area contributed by atoms with Gasteiger partial charge in [-0.25, -0.2) is 0 Å². The summed E-state index contributed by atoms with van der Waals surface area (Å²) in [7, 11) is 0. The second-order valence-corrected chi connectivity index (χ2v) is 2.48. The van der Waals surface area contributed by atoms with Crippen molar-refractivity contribution in [3.63, 3.8) is 0 Å². The first-order valence-electron chi connectivity index (χ1n) is 3.47. The van der Waals surface area contributed by atoms with Gasteiger partial charge in [0.1, 0.15) is 5.75 Å². The maximum absolute atomic E-state index is 11.8. The lowest BCUT2D eigenvalue weighted by Crippen LogP contribution is -2.03. The van der Waals surface area contributed by atoms with E-state index >= 15 is 0 Å². The van der Waals surface area contributed by atoms with Crippen LogP contribution in [0.3, 0.4) is 0 Å². The zero-order valence-corrected chi connectivity index (χ0v) is 6.68. The van der Waals surface area contributed by atoms with E-state index < -0.39 is 6.61 Å². The Labute approximate surface area is 70.0 Å². The Balaban J connectivity index is 2.86. The van der Waals surface area contributed by atoms with Crippen LogP contribution in [0.1, 0.15) is 11.1 Å². The minimum absolute atomic E-state index is 0.206. The highest BCUT2D eigenvalue weighted by atomic mass is 19.3. The largest absolute Gasteiger partial charge is 0.435 e. The molecule has 0 bridgehead atoms. The van der Waals surface area contributed by atoms with E-state index in [0.29, 0.717) is 5.56 Å². The van der Waals surface area contributed by atoms with Crippen LogP contribution in [0.15, 0.2) is 18.2 Å². The van der Waals surface area contributed by atoms with Gasteiger partial charge in [-0.3, -0.25) is 0 Å². The highest BCUT2D eigenvalue weighted by Crippen LogP contribution is 2.20. The minimum Gasteiger partial charge on any atom is -0.435 e. The normalized spacial score (nSPS) is 10.4. The van der Waals surface area contributed by atoms with Crippen LogP contribution >= 0.6 is 0 Å². The summed E-state index contributed by atoms with van der Waals surface area (Å²) < 4.78 is 27.8. The van der Waals surface area contributed by atoms with Crippen LogP contribution in [-0.2, 0) is 0 Å². The van der Waals surface area contributed by atoms with Gasteiger partial charge in [0, 0.05) is 0 Å². The summed E-state index contributed by atoms with van der Waals surface area (Å²) in [6.07, 6.45) is 0. The van der Waals surface area contributed by atoms with Gasteiger partial charge in [-0.05, 0) is 31.0 Å². The molecule has 1 nitrogen and oxygen atoms in total. The topological polar surface area (TPSA) is 9.23 Å². The molecule has 0 atom stereocenters. The Morgan fingerprint density at radius 3 is 2.58 bits per heavy atom. The highest BCUT2D eigenvalue weighted by molar-refractivity contribution is 5.37. The molecule has 0 aliphatic rings. The first kappa shape index (κ1) is 8.97. The number of benzene rings is 1. The third-order valence-corrected chi connectivity index (χ3v) is 1.46. The maximum atomic E-state index is 11.8. The van der Waals surface area contributed by atoms with Crippen molar-refractivity contribution >= 4 is 0 Å². The van der Waals surface area contributed by atoms with Gasteiger partial charge in [-0.1, -0.05) is 12.1 Å². The molecule has 1 aromatic carbocycles. The number of hydrogen-bond acceptors (Lipinski definition) is 1. The van der Waals surface area contributed by atoms with Crippen LogP contribution in [0.4, 0.5) is 8.78 Å². The molecular formula is C9H9F2O. The van der Waals surface area contributed by atoms with E-state index in [0.717, 1.165) is 5.56 Å². The lowest BCUT2D eigenvalue weighted by molar-refractivity contribution is -0.0502. The number of rotatable bonds is 2. The highest BCUT2D eigenvalue weighted by Gasteiger charge is 2.05. The standard InChI is InChI=1S/C9H9F2O/c1-6-3-4-8(7(2)5-6)12-9(10)11/h3-5,9H,1H2,2H3.